The summed E-state index contributed by atoms with van der Waals surface area (Å²) in [6, 6.07) is 16.9. The highest BCUT2D eigenvalue weighted by Crippen LogP contribution is 2.44. The molecule has 0 aromatic heterocycles. The van der Waals surface area contributed by atoms with Gasteiger partial charge in [-0.2, -0.15) is 0 Å². The molecular formula is C27H21NO8. The average molecular weight is 487 g/mol. The van der Waals surface area contributed by atoms with E-state index in [4.69, 9.17) is 18.9 Å². The molecule has 1 fully saturated rings. The molecule has 1 saturated heterocycles. The molecule has 2 heterocycles. The maximum absolute atomic E-state index is 13.4. The van der Waals surface area contributed by atoms with E-state index in [1.54, 1.807) is 66.7 Å². The van der Waals surface area contributed by atoms with Crippen LogP contribution in [0, 0.1) is 0 Å². The highest BCUT2D eigenvalue weighted by atomic mass is 16.7. The van der Waals surface area contributed by atoms with Crippen molar-refractivity contribution in [3.05, 3.63) is 83.4 Å². The van der Waals surface area contributed by atoms with Gasteiger partial charge in [0.25, 0.3) is 11.7 Å². The first kappa shape index (κ1) is 23.0. The summed E-state index contributed by atoms with van der Waals surface area (Å²) in [6.45, 7) is 1.32. The zero-order chi connectivity index (χ0) is 25.4. The van der Waals surface area contributed by atoms with Crippen LogP contribution in [0.15, 0.2) is 72.3 Å². The normalized spacial score (nSPS) is 17.8. The van der Waals surface area contributed by atoms with E-state index in [9.17, 15) is 19.5 Å². The summed E-state index contributed by atoms with van der Waals surface area (Å²) < 4.78 is 21.2. The maximum atomic E-state index is 13.4. The van der Waals surface area contributed by atoms with Crippen molar-refractivity contribution in [2.45, 2.75) is 13.0 Å². The molecule has 2 aliphatic heterocycles. The quantitative estimate of drug-likeness (QED) is 0.189. The van der Waals surface area contributed by atoms with Crippen LogP contribution in [0.2, 0.25) is 0 Å². The first-order valence-corrected chi connectivity index (χ1v) is 11.0. The highest BCUT2D eigenvalue weighted by Gasteiger charge is 2.47. The Bertz CT molecular complexity index is 1430. The smallest absolute Gasteiger partial charge is 0.308 e. The first-order chi connectivity index (χ1) is 17.4. The molecule has 0 spiro atoms. The lowest BCUT2D eigenvalue weighted by atomic mass is 9.95. The number of carbonyl (C=O) groups is 3. The third-order valence-electron chi connectivity index (χ3n) is 5.86. The third-order valence-corrected chi connectivity index (χ3v) is 5.86. The number of aliphatic hydroxyl groups is 1. The summed E-state index contributed by atoms with van der Waals surface area (Å²) in [6.07, 6.45) is 0. The molecule has 182 valence electrons. The third kappa shape index (κ3) is 4.00. The summed E-state index contributed by atoms with van der Waals surface area (Å²) in [5, 5.41) is 11.3. The fourth-order valence-electron chi connectivity index (χ4n) is 4.29. The highest BCUT2D eigenvalue weighted by molar-refractivity contribution is 6.51. The van der Waals surface area contributed by atoms with Crippen molar-refractivity contribution in [1.29, 1.82) is 0 Å². The van der Waals surface area contributed by atoms with E-state index in [1.807, 2.05) is 0 Å². The largest absolute Gasteiger partial charge is 0.507 e. The number of fused-ring (bicyclic) bond motifs is 1. The number of amides is 1. The van der Waals surface area contributed by atoms with Gasteiger partial charge in [0.15, 0.2) is 11.5 Å². The number of aliphatic hydroxyl groups excluding tert-OH is 1. The molecule has 0 saturated carbocycles. The Hall–Kier alpha value is -4.79. The molecule has 1 N–H and O–H groups in total. The van der Waals surface area contributed by atoms with Crippen LogP contribution >= 0.6 is 0 Å². The van der Waals surface area contributed by atoms with Gasteiger partial charge < -0.3 is 24.1 Å². The Morgan fingerprint density at radius 3 is 2.50 bits per heavy atom. The molecule has 1 amide bonds. The van der Waals surface area contributed by atoms with Crippen molar-refractivity contribution in [2.24, 2.45) is 0 Å². The standard InChI is InChI=1S/C27H21NO8/c1-15(29)36-20-8-3-5-16(11-20)24-23(25(30)17-9-10-21-22(12-17)35-14-34-21)26(31)27(32)28(24)18-6-4-7-19(13-18)33-2/h3-13,24,30H,14H2,1-2H3/b25-23-. The predicted molar refractivity (Wildman–Crippen MR) is 128 cm³/mol. The lowest BCUT2D eigenvalue weighted by molar-refractivity contribution is -0.132. The van der Waals surface area contributed by atoms with Gasteiger partial charge in [-0.05, 0) is 48.0 Å². The summed E-state index contributed by atoms with van der Waals surface area (Å²) >= 11 is 0. The molecule has 2 aliphatic rings. The lowest BCUT2D eigenvalue weighted by Crippen LogP contribution is -2.29. The Balaban J connectivity index is 1.70. The number of esters is 1. The lowest BCUT2D eigenvalue weighted by Gasteiger charge is -2.26. The van der Waals surface area contributed by atoms with Crippen molar-refractivity contribution >= 4 is 29.1 Å². The SMILES string of the molecule is COc1cccc(N2C(=O)C(=O)/C(=C(\O)c3ccc4c(c3)OCO4)C2c2cccc(OC(C)=O)c2)c1. The van der Waals surface area contributed by atoms with Gasteiger partial charge in [-0.25, -0.2) is 0 Å². The van der Waals surface area contributed by atoms with Gasteiger partial charge in [-0.3, -0.25) is 19.3 Å². The van der Waals surface area contributed by atoms with Crippen LogP contribution in [0.5, 0.6) is 23.0 Å². The van der Waals surface area contributed by atoms with Gasteiger partial charge in [0, 0.05) is 24.2 Å². The number of nitrogens with zero attached hydrogens (tertiary/aromatic N) is 1. The van der Waals surface area contributed by atoms with E-state index in [0.29, 0.717) is 28.5 Å². The number of ketones is 1. The molecule has 0 bridgehead atoms. The second-order valence-electron chi connectivity index (χ2n) is 8.10. The number of anilines is 1. The number of carbonyl (C=O) groups excluding carboxylic acids is 3. The molecule has 0 aliphatic carbocycles. The van der Waals surface area contributed by atoms with Crippen LogP contribution < -0.4 is 23.8 Å². The van der Waals surface area contributed by atoms with Crippen LogP contribution in [0.1, 0.15) is 24.1 Å². The number of hydrogen-bond acceptors (Lipinski definition) is 8. The number of hydrogen-bond donors (Lipinski definition) is 1. The van der Waals surface area contributed by atoms with Gasteiger partial charge in [-0.15, -0.1) is 0 Å². The topological polar surface area (TPSA) is 112 Å². The molecule has 36 heavy (non-hydrogen) atoms. The number of benzene rings is 3. The van der Waals surface area contributed by atoms with Gasteiger partial charge in [-0.1, -0.05) is 18.2 Å². The van der Waals surface area contributed by atoms with Crippen molar-refractivity contribution in [1.82, 2.24) is 0 Å². The van der Waals surface area contributed by atoms with E-state index in [2.05, 4.69) is 0 Å². The molecule has 0 radical (unpaired) electrons. The monoisotopic (exact) mass is 487 g/mol. The fraction of sp³-hybridized carbons (Fsp3) is 0.148. The zero-order valence-corrected chi connectivity index (χ0v) is 19.4. The van der Waals surface area contributed by atoms with Crippen LogP contribution in [-0.4, -0.2) is 36.7 Å². The Morgan fingerprint density at radius 2 is 1.72 bits per heavy atom. The van der Waals surface area contributed by atoms with Crippen LogP contribution in [-0.2, 0) is 14.4 Å². The van der Waals surface area contributed by atoms with Gasteiger partial charge in [0.2, 0.25) is 6.79 Å². The molecular weight excluding hydrogens is 466 g/mol. The van der Waals surface area contributed by atoms with Gasteiger partial charge in [0.05, 0.1) is 18.7 Å². The number of ether oxygens (including phenoxy) is 4. The summed E-state index contributed by atoms with van der Waals surface area (Å²) in [5.41, 5.74) is 1.01. The molecule has 1 atom stereocenters. The van der Waals surface area contributed by atoms with Crippen LogP contribution in [0.3, 0.4) is 0 Å². The van der Waals surface area contributed by atoms with Crippen molar-refractivity contribution in [2.75, 3.05) is 18.8 Å². The number of methoxy groups -OCH3 is 1. The number of rotatable bonds is 5. The van der Waals surface area contributed by atoms with Gasteiger partial charge >= 0.3 is 5.97 Å². The Morgan fingerprint density at radius 1 is 0.972 bits per heavy atom. The Kier molecular flexibility index (Phi) is 5.81. The zero-order valence-electron chi connectivity index (χ0n) is 19.4. The average Bonchev–Trinajstić information content (AvgIpc) is 3.45. The molecule has 9 heteroatoms. The van der Waals surface area contributed by atoms with E-state index in [-0.39, 0.29) is 29.4 Å². The maximum Gasteiger partial charge on any atom is 0.308 e. The fourth-order valence-corrected chi connectivity index (χ4v) is 4.29. The summed E-state index contributed by atoms with van der Waals surface area (Å²) in [7, 11) is 1.49. The predicted octanol–water partition coefficient (Wildman–Crippen LogP) is 3.98. The second kappa shape index (κ2) is 9.10. The van der Waals surface area contributed by atoms with Crippen LogP contribution in [0.25, 0.3) is 5.76 Å². The summed E-state index contributed by atoms with van der Waals surface area (Å²) in [5.74, 6) is -0.945. The minimum absolute atomic E-state index is 0.0444. The van der Waals surface area contributed by atoms with Crippen molar-refractivity contribution < 1.29 is 38.4 Å². The second-order valence-corrected chi connectivity index (χ2v) is 8.10. The molecule has 1 unspecified atom stereocenters. The van der Waals surface area contributed by atoms with E-state index >= 15 is 0 Å². The minimum Gasteiger partial charge on any atom is -0.507 e. The van der Waals surface area contributed by atoms with Crippen molar-refractivity contribution in [3.8, 4) is 23.0 Å². The molecule has 5 rings (SSSR count). The first-order valence-electron chi connectivity index (χ1n) is 11.0. The van der Waals surface area contributed by atoms with E-state index in [0.717, 1.165) is 0 Å². The molecule has 9 nitrogen and oxygen atoms in total. The minimum atomic E-state index is -1.02. The van der Waals surface area contributed by atoms with Crippen molar-refractivity contribution in [3.63, 3.8) is 0 Å². The van der Waals surface area contributed by atoms with Gasteiger partial charge in [0.1, 0.15) is 17.3 Å². The molecule has 3 aromatic rings. The number of Topliss-reactive ketones (excluding diaryl/α,β-unsaturated/α-hetero) is 1. The van der Waals surface area contributed by atoms with Crippen LogP contribution in [0.4, 0.5) is 5.69 Å². The Labute approximate surface area is 206 Å². The summed E-state index contributed by atoms with van der Waals surface area (Å²) in [4.78, 5) is 39.5. The van der Waals surface area contributed by atoms with E-state index in [1.165, 1.54) is 18.9 Å². The molecule has 3 aromatic carbocycles. The van der Waals surface area contributed by atoms with E-state index < -0.39 is 23.7 Å².